The van der Waals surface area contributed by atoms with Gasteiger partial charge >= 0.3 is 5.97 Å². The van der Waals surface area contributed by atoms with Crippen molar-refractivity contribution in [1.29, 1.82) is 0 Å². The lowest BCUT2D eigenvalue weighted by molar-refractivity contribution is -0.168. The number of likely N-dealkylation sites (tertiary alicyclic amines) is 1. The summed E-state index contributed by atoms with van der Waals surface area (Å²) in [6, 6.07) is 5.85. The Morgan fingerprint density at radius 2 is 1.75 bits per heavy atom. The summed E-state index contributed by atoms with van der Waals surface area (Å²) >= 11 is 0. The summed E-state index contributed by atoms with van der Waals surface area (Å²) in [5.74, 6) is -11.4. The number of esters is 1. The molecule has 0 bridgehead atoms. The highest BCUT2D eigenvalue weighted by atomic mass is 19.2. The molecule has 40 heavy (non-hydrogen) atoms. The first-order valence-corrected chi connectivity index (χ1v) is 12.4. The Morgan fingerprint density at radius 3 is 2.40 bits per heavy atom. The van der Waals surface area contributed by atoms with Crippen molar-refractivity contribution >= 4 is 29.4 Å². The summed E-state index contributed by atoms with van der Waals surface area (Å²) in [7, 11) is 0. The highest BCUT2D eigenvalue weighted by Gasteiger charge is 2.42. The number of nitrogens with zero attached hydrogens (tertiary/aromatic N) is 1. The third-order valence-electron chi connectivity index (χ3n) is 6.63. The normalized spacial score (nSPS) is 21.2. The molecule has 1 unspecified atom stereocenters. The molecule has 0 radical (unpaired) electrons. The van der Waals surface area contributed by atoms with Gasteiger partial charge in [-0.05, 0) is 25.3 Å². The standard InChI is InChI=1S/C26H26F4N4O6/c1-12(32-24(37)17-18(27)20(29)22(31)21(30)19(17)28)25(38)34-9-5-8-15(34)23(36)33-14-10-16(35)40-26(14)39-11-13-6-3-2-4-7-13/h2-4,6-7,12,14-15,26H,5,8-11,31H2,1H3,(H,32,37)(H,33,36)/t12-,14-,15-,26?/m0/s1. The fourth-order valence-corrected chi connectivity index (χ4v) is 4.57. The van der Waals surface area contributed by atoms with Crippen LogP contribution < -0.4 is 16.4 Å². The number of hydrogen-bond acceptors (Lipinski definition) is 7. The van der Waals surface area contributed by atoms with Gasteiger partial charge in [0.15, 0.2) is 23.3 Å². The van der Waals surface area contributed by atoms with Gasteiger partial charge in [-0.3, -0.25) is 19.2 Å². The van der Waals surface area contributed by atoms with Crippen LogP contribution in [0.5, 0.6) is 0 Å². The Morgan fingerprint density at radius 1 is 1.10 bits per heavy atom. The quantitative estimate of drug-likeness (QED) is 0.192. The first kappa shape index (κ1) is 28.8. The van der Waals surface area contributed by atoms with Gasteiger partial charge in [0.1, 0.15) is 29.4 Å². The highest BCUT2D eigenvalue weighted by molar-refractivity contribution is 5.99. The zero-order chi connectivity index (χ0) is 29.1. The Labute approximate surface area is 225 Å². The van der Waals surface area contributed by atoms with E-state index in [9.17, 15) is 36.7 Å². The molecular weight excluding hydrogens is 540 g/mol. The molecule has 14 heteroatoms. The summed E-state index contributed by atoms with van der Waals surface area (Å²) in [5, 5.41) is 4.68. The minimum Gasteiger partial charge on any atom is -0.433 e. The molecule has 0 aromatic heterocycles. The van der Waals surface area contributed by atoms with Gasteiger partial charge in [-0.1, -0.05) is 30.3 Å². The predicted octanol–water partition coefficient (Wildman–Crippen LogP) is 1.91. The van der Waals surface area contributed by atoms with E-state index in [1.54, 1.807) is 0 Å². The molecule has 2 aromatic carbocycles. The number of anilines is 1. The van der Waals surface area contributed by atoms with E-state index in [1.807, 2.05) is 35.6 Å². The number of carbonyl (C=O) groups excluding carboxylic acids is 4. The van der Waals surface area contributed by atoms with Crippen molar-refractivity contribution in [2.24, 2.45) is 0 Å². The molecule has 4 rings (SSSR count). The van der Waals surface area contributed by atoms with Gasteiger partial charge in [-0.2, -0.15) is 0 Å². The van der Waals surface area contributed by atoms with Crippen LogP contribution in [-0.2, 0) is 30.5 Å². The maximum Gasteiger partial charge on any atom is 0.310 e. The fourth-order valence-electron chi connectivity index (χ4n) is 4.57. The molecular formula is C26H26F4N4O6. The average molecular weight is 567 g/mol. The molecule has 0 spiro atoms. The molecule has 214 valence electrons. The number of halogens is 4. The number of hydrogen-bond donors (Lipinski definition) is 3. The summed E-state index contributed by atoms with van der Waals surface area (Å²) in [5.41, 5.74) is 2.77. The van der Waals surface area contributed by atoms with Crippen molar-refractivity contribution in [3.05, 3.63) is 64.7 Å². The largest absolute Gasteiger partial charge is 0.433 e. The topological polar surface area (TPSA) is 140 Å². The third-order valence-corrected chi connectivity index (χ3v) is 6.63. The number of ether oxygens (including phenoxy) is 2. The molecule has 0 saturated carbocycles. The number of nitrogen functional groups attached to an aromatic ring is 1. The van der Waals surface area contributed by atoms with E-state index in [0.717, 1.165) is 10.5 Å². The molecule has 3 amide bonds. The number of nitrogens with one attached hydrogen (secondary N) is 2. The van der Waals surface area contributed by atoms with Crippen molar-refractivity contribution in [2.45, 2.75) is 57.2 Å². The Kier molecular flexibility index (Phi) is 8.57. The number of rotatable bonds is 8. The number of cyclic esters (lactones) is 1. The van der Waals surface area contributed by atoms with Gasteiger partial charge in [0, 0.05) is 6.54 Å². The predicted molar refractivity (Wildman–Crippen MR) is 130 cm³/mol. The van der Waals surface area contributed by atoms with Crippen LogP contribution in [0, 0.1) is 23.3 Å². The zero-order valence-electron chi connectivity index (χ0n) is 21.2. The smallest absolute Gasteiger partial charge is 0.310 e. The number of carbonyl (C=O) groups is 4. The van der Waals surface area contributed by atoms with Crippen LogP contribution in [0.3, 0.4) is 0 Å². The Hall–Kier alpha value is -4.20. The van der Waals surface area contributed by atoms with Gasteiger partial charge in [0.05, 0.1) is 13.0 Å². The number of nitrogens with two attached hydrogens (primary N) is 1. The summed E-state index contributed by atoms with van der Waals surface area (Å²) in [6.07, 6.45) is -0.515. The maximum atomic E-state index is 14.2. The van der Waals surface area contributed by atoms with Crippen LogP contribution in [0.4, 0.5) is 23.2 Å². The van der Waals surface area contributed by atoms with E-state index in [0.29, 0.717) is 6.42 Å². The number of benzene rings is 2. The molecule has 2 aromatic rings. The minimum absolute atomic E-state index is 0.124. The van der Waals surface area contributed by atoms with Crippen LogP contribution in [0.1, 0.15) is 42.1 Å². The van der Waals surface area contributed by atoms with Crippen molar-refractivity contribution in [1.82, 2.24) is 15.5 Å². The second kappa shape index (κ2) is 11.9. The first-order valence-electron chi connectivity index (χ1n) is 12.4. The van der Waals surface area contributed by atoms with Crippen molar-refractivity contribution in [3.8, 4) is 0 Å². The van der Waals surface area contributed by atoms with Crippen molar-refractivity contribution < 1.29 is 46.2 Å². The molecule has 2 aliphatic heterocycles. The molecule has 4 N–H and O–H groups in total. The monoisotopic (exact) mass is 566 g/mol. The molecule has 2 aliphatic rings. The molecule has 10 nitrogen and oxygen atoms in total. The first-order chi connectivity index (χ1) is 19.0. The van der Waals surface area contributed by atoms with Gasteiger partial charge in [-0.25, -0.2) is 17.6 Å². The van der Waals surface area contributed by atoms with Crippen LogP contribution in [0.25, 0.3) is 0 Å². The van der Waals surface area contributed by atoms with Crippen LogP contribution >= 0.6 is 0 Å². The third kappa shape index (κ3) is 5.86. The molecule has 2 fully saturated rings. The summed E-state index contributed by atoms with van der Waals surface area (Å²) in [4.78, 5) is 51.7. The van der Waals surface area contributed by atoms with E-state index < -0.39 is 82.6 Å². The van der Waals surface area contributed by atoms with Crippen LogP contribution in [-0.4, -0.2) is 59.6 Å². The second-order valence-corrected chi connectivity index (χ2v) is 9.40. The average Bonchev–Trinajstić information content (AvgIpc) is 3.56. The lowest BCUT2D eigenvalue weighted by atomic mass is 10.1. The Bertz CT molecular complexity index is 1300. The van der Waals surface area contributed by atoms with Gasteiger partial charge < -0.3 is 30.7 Å². The van der Waals surface area contributed by atoms with Crippen molar-refractivity contribution in [3.63, 3.8) is 0 Å². The molecule has 2 heterocycles. The SMILES string of the molecule is C[C@H](NC(=O)c1c(F)c(F)c(N)c(F)c1F)C(=O)N1CCC[C@H]1C(=O)N[C@H]1CC(=O)OC1OCc1ccccc1. The fraction of sp³-hybridized carbons (Fsp3) is 0.385. The number of amides is 3. The summed E-state index contributed by atoms with van der Waals surface area (Å²) < 4.78 is 66.7. The van der Waals surface area contributed by atoms with Crippen molar-refractivity contribution in [2.75, 3.05) is 12.3 Å². The van der Waals surface area contributed by atoms with Gasteiger partial charge in [-0.15, -0.1) is 0 Å². The van der Waals surface area contributed by atoms with Crippen LogP contribution in [0.2, 0.25) is 0 Å². The second-order valence-electron chi connectivity index (χ2n) is 9.40. The van der Waals surface area contributed by atoms with Gasteiger partial charge in [0.2, 0.25) is 18.1 Å². The maximum absolute atomic E-state index is 14.2. The van der Waals surface area contributed by atoms with E-state index in [4.69, 9.17) is 15.2 Å². The molecule has 2 saturated heterocycles. The minimum atomic E-state index is -2.01. The lowest BCUT2D eigenvalue weighted by Crippen LogP contribution is -2.54. The van der Waals surface area contributed by atoms with E-state index in [2.05, 4.69) is 5.32 Å². The Balaban J connectivity index is 1.39. The molecule has 0 aliphatic carbocycles. The zero-order valence-corrected chi connectivity index (χ0v) is 21.2. The van der Waals surface area contributed by atoms with E-state index in [-0.39, 0.29) is 26.0 Å². The summed E-state index contributed by atoms with van der Waals surface area (Å²) in [6.45, 7) is 1.43. The van der Waals surface area contributed by atoms with E-state index in [1.165, 1.54) is 6.92 Å². The highest BCUT2D eigenvalue weighted by Crippen LogP contribution is 2.26. The molecule has 4 atom stereocenters. The lowest BCUT2D eigenvalue weighted by Gasteiger charge is -2.28. The van der Waals surface area contributed by atoms with Crippen LogP contribution in [0.15, 0.2) is 30.3 Å². The van der Waals surface area contributed by atoms with Gasteiger partial charge in [0.25, 0.3) is 5.91 Å². The van der Waals surface area contributed by atoms with E-state index >= 15 is 0 Å².